The van der Waals surface area contributed by atoms with Gasteiger partial charge in [0.2, 0.25) is 0 Å². The van der Waals surface area contributed by atoms with Gasteiger partial charge in [0, 0.05) is 5.69 Å². The average molecular weight is 266 g/mol. The first kappa shape index (κ1) is 12.7. The zero-order chi connectivity index (χ0) is 13.8. The van der Waals surface area contributed by atoms with Crippen molar-refractivity contribution < 1.29 is 4.74 Å². The van der Waals surface area contributed by atoms with Gasteiger partial charge in [0.25, 0.3) is 6.02 Å². The predicted octanol–water partition coefficient (Wildman–Crippen LogP) is 3.99. The molecule has 1 atom stereocenters. The summed E-state index contributed by atoms with van der Waals surface area (Å²) in [5, 5.41) is 0. The van der Waals surface area contributed by atoms with Crippen LogP contribution < -0.4 is 4.90 Å². The number of hydrogen-bond acceptors (Lipinski definition) is 2. The number of aliphatic imine (C=N–C) groups is 1. The molecular weight excluding hydrogens is 248 g/mol. The van der Waals surface area contributed by atoms with Crippen LogP contribution in [0.4, 0.5) is 11.4 Å². The molecule has 3 heteroatoms. The van der Waals surface area contributed by atoms with Crippen molar-refractivity contribution in [3.8, 4) is 0 Å². The second-order valence-corrected chi connectivity index (χ2v) is 4.81. The number of nitrogens with zero attached hydrogens (tertiary/aromatic N) is 2. The summed E-state index contributed by atoms with van der Waals surface area (Å²) in [7, 11) is 0. The van der Waals surface area contributed by atoms with Crippen molar-refractivity contribution in [3.63, 3.8) is 0 Å². The summed E-state index contributed by atoms with van der Waals surface area (Å²) in [5.74, 6) is 0. The number of hydrogen-bond donors (Lipinski definition) is 0. The highest BCUT2D eigenvalue weighted by molar-refractivity contribution is 5.95. The van der Waals surface area contributed by atoms with E-state index in [4.69, 9.17) is 4.74 Å². The third-order valence-electron chi connectivity index (χ3n) is 3.46. The first-order valence-corrected chi connectivity index (χ1v) is 6.99. The Hall–Kier alpha value is -2.29. The SMILES string of the molecule is CCC1COC(=Nc2ccccc2)N1c1ccccc1. The van der Waals surface area contributed by atoms with Crippen LogP contribution in [0, 0.1) is 0 Å². The van der Waals surface area contributed by atoms with E-state index in [2.05, 4.69) is 28.9 Å². The molecule has 0 N–H and O–H groups in total. The van der Waals surface area contributed by atoms with E-state index in [9.17, 15) is 0 Å². The second kappa shape index (κ2) is 5.78. The molecule has 3 rings (SSSR count). The number of anilines is 1. The van der Waals surface area contributed by atoms with E-state index in [0.29, 0.717) is 18.7 Å². The van der Waals surface area contributed by atoms with Crippen LogP contribution in [0.15, 0.2) is 65.7 Å². The molecule has 2 aromatic rings. The van der Waals surface area contributed by atoms with E-state index in [-0.39, 0.29) is 0 Å². The van der Waals surface area contributed by atoms with Crippen molar-refractivity contribution >= 4 is 17.4 Å². The van der Waals surface area contributed by atoms with Crippen LogP contribution in [0.3, 0.4) is 0 Å². The van der Waals surface area contributed by atoms with Crippen molar-refractivity contribution in [1.29, 1.82) is 0 Å². The predicted molar refractivity (Wildman–Crippen MR) is 82.5 cm³/mol. The van der Waals surface area contributed by atoms with Crippen molar-refractivity contribution in [2.45, 2.75) is 19.4 Å². The smallest absolute Gasteiger partial charge is 0.297 e. The van der Waals surface area contributed by atoms with Gasteiger partial charge in [-0.25, -0.2) is 0 Å². The molecule has 0 saturated carbocycles. The molecule has 3 nitrogen and oxygen atoms in total. The summed E-state index contributed by atoms with van der Waals surface area (Å²) in [6, 6.07) is 21.3. The highest BCUT2D eigenvalue weighted by Gasteiger charge is 2.31. The quantitative estimate of drug-likeness (QED) is 0.839. The zero-order valence-corrected chi connectivity index (χ0v) is 11.6. The largest absolute Gasteiger partial charge is 0.462 e. The summed E-state index contributed by atoms with van der Waals surface area (Å²) >= 11 is 0. The maximum atomic E-state index is 5.80. The summed E-state index contributed by atoms with van der Waals surface area (Å²) in [6.07, 6.45) is 1.03. The number of para-hydroxylation sites is 2. The van der Waals surface area contributed by atoms with Crippen LogP contribution in [-0.4, -0.2) is 18.7 Å². The van der Waals surface area contributed by atoms with Gasteiger partial charge in [-0.15, -0.1) is 0 Å². The Labute approximate surface area is 119 Å². The molecule has 1 saturated heterocycles. The highest BCUT2D eigenvalue weighted by atomic mass is 16.5. The van der Waals surface area contributed by atoms with Gasteiger partial charge in [-0.1, -0.05) is 43.3 Å². The topological polar surface area (TPSA) is 24.8 Å². The minimum Gasteiger partial charge on any atom is -0.462 e. The molecular formula is C17H18N2O. The summed E-state index contributed by atoms with van der Waals surface area (Å²) in [6.45, 7) is 2.87. The fraction of sp³-hybridized carbons (Fsp3) is 0.235. The Morgan fingerprint density at radius 1 is 1.05 bits per heavy atom. The van der Waals surface area contributed by atoms with E-state index in [0.717, 1.165) is 17.8 Å². The average Bonchev–Trinajstić information content (AvgIpc) is 2.92. The lowest BCUT2D eigenvalue weighted by Gasteiger charge is -2.22. The Bertz CT molecular complexity index is 580. The minimum absolute atomic E-state index is 0.347. The number of benzene rings is 2. The van der Waals surface area contributed by atoms with Gasteiger partial charge in [0.15, 0.2) is 0 Å². The lowest BCUT2D eigenvalue weighted by Crippen LogP contribution is -2.33. The van der Waals surface area contributed by atoms with Crippen molar-refractivity contribution in [2.24, 2.45) is 4.99 Å². The molecule has 1 heterocycles. The maximum absolute atomic E-state index is 5.80. The van der Waals surface area contributed by atoms with Crippen LogP contribution in [-0.2, 0) is 4.74 Å². The van der Waals surface area contributed by atoms with Crippen LogP contribution in [0.5, 0.6) is 0 Å². The molecule has 1 unspecified atom stereocenters. The lowest BCUT2D eigenvalue weighted by molar-refractivity contribution is 0.324. The molecule has 102 valence electrons. The summed E-state index contributed by atoms with van der Waals surface area (Å²) < 4.78 is 5.80. The first-order chi connectivity index (χ1) is 9.88. The fourth-order valence-electron chi connectivity index (χ4n) is 2.38. The Kier molecular flexibility index (Phi) is 3.68. The van der Waals surface area contributed by atoms with E-state index in [1.54, 1.807) is 0 Å². The minimum atomic E-state index is 0.347. The van der Waals surface area contributed by atoms with Gasteiger partial charge < -0.3 is 4.74 Å². The lowest BCUT2D eigenvalue weighted by atomic mass is 10.2. The van der Waals surface area contributed by atoms with E-state index >= 15 is 0 Å². The third-order valence-corrected chi connectivity index (χ3v) is 3.46. The zero-order valence-electron chi connectivity index (χ0n) is 11.6. The number of rotatable bonds is 3. The molecule has 20 heavy (non-hydrogen) atoms. The Balaban J connectivity index is 1.96. The van der Waals surface area contributed by atoms with Gasteiger partial charge in [-0.05, 0) is 30.7 Å². The molecule has 1 aliphatic heterocycles. The van der Waals surface area contributed by atoms with Gasteiger partial charge >= 0.3 is 0 Å². The molecule has 0 aromatic heterocycles. The summed E-state index contributed by atoms with van der Waals surface area (Å²) in [4.78, 5) is 6.82. The normalized spacial score (nSPS) is 20.1. The number of amidine groups is 1. The standard InChI is InChI=1S/C17H18N2O/c1-2-15-13-20-17(18-14-9-5-3-6-10-14)19(15)16-11-7-4-8-12-16/h3-12,15H,2,13H2,1H3. The van der Waals surface area contributed by atoms with Crippen LogP contribution >= 0.6 is 0 Å². The van der Waals surface area contributed by atoms with E-state index in [1.165, 1.54) is 0 Å². The monoisotopic (exact) mass is 266 g/mol. The molecule has 0 bridgehead atoms. The van der Waals surface area contributed by atoms with Crippen molar-refractivity contribution in [1.82, 2.24) is 0 Å². The van der Waals surface area contributed by atoms with Crippen molar-refractivity contribution in [3.05, 3.63) is 60.7 Å². The van der Waals surface area contributed by atoms with Gasteiger partial charge in [-0.2, -0.15) is 4.99 Å². The molecule has 1 fully saturated rings. The maximum Gasteiger partial charge on any atom is 0.297 e. The van der Waals surface area contributed by atoms with Gasteiger partial charge in [0.05, 0.1) is 11.7 Å². The molecule has 1 aliphatic rings. The van der Waals surface area contributed by atoms with Gasteiger partial charge in [-0.3, -0.25) is 4.90 Å². The van der Waals surface area contributed by atoms with Crippen LogP contribution in [0.1, 0.15) is 13.3 Å². The molecule has 0 aliphatic carbocycles. The number of ether oxygens (including phenoxy) is 1. The van der Waals surface area contributed by atoms with E-state index in [1.807, 2.05) is 48.5 Å². The Morgan fingerprint density at radius 2 is 1.70 bits per heavy atom. The van der Waals surface area contributed by atoms with Gasteiger partial charge in [0.1, 0.15) is 6.61 Å². The third kappa shape index (κ3) is 2.52. The highest BCUT2D eigenvalue weighted by Crippen LogP contribution is 2.26. The second-order valence-electron chi connectivity index (χ2n) is 4.81. The molecule has 0 radical (unpaired) electrons. The molecule has 0 spiro atoms. The molecule has 0 amide bonds. The summed E-state index contributed by atoms with van der Waals surface area (Å²) in [5.41, 5.74) is 2.05. The Morgan fingerprint density at radius 3 is 2.35 bits per heavy atom. The van der Waals surface area contributed by atoms with Crippen molar-refractivity contribution in [2.75, 3.05) is 11.5 Å². The fourth-order valence-corrected chi connectivity index (χ4v) is 2.38. The first-order valence-electron chi connectivity index (χ1n) is 6.99. The van der Waals surface area contributed by atoms with E-state index < -0.39 is 0 Å². The van der Waals surface area contributed by atoms with Crippen LogP contribution in [0.2, 0.25) is 0 Å². The van der Waals surface area contributed by atoms with Crippen LogP contribution in [0.25, 0.3) is 0 Å². The molecule has 2 aromatic carbocycles.